The molecule has 0 amide bonds. The Labute approximate surface area is 94.9 Å². The van der Waals surface area contributed by atoms with E-state index in [-0.39, 0.29) is 0 Å². The number of fused-ring (bicyclic) bond motifs is 3. The molecule has 0 spiro atoms. The van der Waals surface area contributed by atoms with Crippen LogP contribution in [0.5, 0.6) is 5.75 Å². The van der Waals surface area contributed by atoms with Gasteiger partial charge < -0.3 is 4.74 Å². The summed E-state index contributed by atoms with van der Waals surface area (Å²) in [6, 6.07) is 8.26. The highest BCUT2D eigenvalue weighted by Crippen LogP contribution is 2.41. The summed E-state index contributed by atoms with van der Waals surface area (Å²) in [6.07, 6.45) is 2.84. The first-order valence-electron chi connectivity index (χ1n) is 5.42. The Kier molecular flexibility index (Phi) is 1.96. The van der Waals surface area contributed by atoms with Crippen molar-refractivity contribution in [1.82, 2.24) is 4.98 Å². The first-order valence-corrected chi connectivity index (χ1v) is 5.42. The fraction of sp³-hybridized carbons (Fsp3) is 0.214. The highest BCUT2D eigenvalue weighted by molar-refractivity contribution is 5.79. The van der Waals surface area contributed by atoms with Crippen LogP contribution in [-0.4, -0.2) is 12.1 Å². The number of hydrogen-bond donors (Lipinski definition) is 0. The fourth-order valence-electron chi connectivity index (χ4n) is 2.38. The van der Waals surface area contributed by atoms with E-state index in [0.29, 0.717) is 0 Å². The van der Waals surface area contributed by atoms with E-state index < -0.39 is 0 Å². The second-order valence-corrected chi connectivity index (χ2v) is 4.13. The molecule has 0 aliphatic heterocycles. The monoisotopic (exact) mass is 211 g/mol. The van der Waals surface area contributed by atoms with Crippen molar-refractivity contribution in [2.45, 2.75) is 13.3 Å². The zero-order valence-electron chi connectivity index (χ0n) is 9.45. The summed E-state index contributed by atoms with van der Waals surface area (Å²) >= 11 is 0. The average molecular weight is 211 g/mol. The lowest BCUT2D eigenvalue weighted by Gasteiger charge is -2.07. The summed E-state index contributed by atoms with van der Waals surface area (Å²) in [5.74, 6) is 0.925. The normalized spacial score (nSPS) is 12.1. The maximum absolute atomic E-state index is 5.41. The van der Waals surface area contributed by atoms with E-state index in [0.717, 1.165) is 17.9 Å². The summed E-state index contributed by atoms with van der Waals surface area (Å²) in [7, 11) is 1.71. The lowest BCUT2D eigenvalue weighted by atomic mass is 10.1. The van der Waals surface area contributed by atoms with Crippen molar-refractivity contribution < 1.29 is 4.74 Å². The van der Waals surface area contributed by atoms with Crippen LogP contribution in [-0.2, 0) is 6.42 Å². The number of aromatic nitrogens is 1. The van der Waals surface area contributed by atoms with Gasteiger partial charge >= 0.3 is 0 Å². The number of nitrogens with zero attached hydrogens (tertiary/aromatic N) is 1. The maximum atomic E-state index is 5.41. The molecule has 1 aromatic heterocycles. The molecule has 2 aromatic rings. The molecule has 0 saturated heterocycles. The van der Waals surface area contributed by atoms with Crippen LogP contribution < -0.4 is 4.74 Å². The van der Waals surface area contributed by atoms with Crippen LogP contribution in [0.4, 0.5) is 0 Å². The first kappa shape index (κ1) is 9.40. The Hall–Kier alpha value is -1.83. The second kappa shape index (κ2) is 3.34. The van der Waals surface area contributed by atoms with Crippen molar-refractivity contribution in [2.24, 2.45) is 0 Å². The fourth-order valence-corrected chi connectivity index (χ4v) is 2.38. The van der Waals surface area contributed by atoms with Crippen LogP contribution in [0.3, 0.4) is 0 Å². The first-order chi connectivity index (χ1) is 7.81. The molecule has 0 unspecified atom stereocenters. The van der Waals surface area contributed by atoms with Gasteiger partial charge in [-0.3, -0.25) is 4.98 Å². The van der Waals surface area contributed by atoms with Crippen molar-refractivity contribution in [3.8, 4) is 17.0 Å². The van der Waals surface area contributed by atoms with Gasteiger partial charge in [-0.15, -0.1) is 0 Å². The van der Waals surface area contributed by atoms with Gasteiger partial charge in [-0.2, -0.15) is 0 Å². The third-order valence-electron chi connectivity index (χ3n) is 3.23. The molecule has 80 valence electrons. The van der Waals surface area contributed by atoms with E-state index in [2.05, 4.69) is 24.0 Å². The summed E-state index contributed by atoms with van der Waals surface area (Å²) in [5, 5.41) is 0. The zero-order valence-corrected chi connectivity index (χ0v) is 9.45. The highest BCUT2D eigenvalue weighted by Gasteiger charge is 2.24. The van der Waals surface area contributed by atoms with E-state index >= 15 is 0 Å². The molecule has 1 aromatic carbocycles. The molecule has 0 radical (unpaired) electrons. The second-order valence-electron chi connectivity index (χ2n) is 4.13. The molecule has 0 fully saturated rings. The van der Waals surface area contributed by atoms with Gasteiger partial charge in [-0.05, 0) is 35.7 Å². The molecule has 0 saturated carbocycles. The molecule has 2 heteroatoms. The van der Waals surface area contributed by atoms with Gasteiger partial charge in [0.1, 0.15) is 5.75 Å². The summed E-state index contributed by atoms with van der Waals surface area (Å²) in [6.45, 7) is 2.14. The van der Waals surface area contributed by atoms with E-state index in [1.807, 2.05) is 18.3 Å². The lowest BCUT2D eigenvalue weighted by molar-refractivity contribution is 0.416. The summed E-state index contributed by atoms with van der Waals surface area (Å²) in [4.78, 5) is 4.49. The maximum Gasteiger partial charge on any atom is 0.128 e. The Bertz CT molecular complexity index is 561. The molecule has 1 aliphatic carbocycles. The molecular weight excluding hydrogens is 198 g/mol. The number of ether oxygens (including phenoxy) is 1. The smallest absolute Gasteiger partial charge is 0.128 e. The van der Waals surface area contributed by atoms with Gasteiger partial charge in [0.05, 0.1) is 12.8 Å². The summed E-state index contributed by atoms with van der Waals surface area (Å²) < 4.78 is 5.41. The SMILES string of the molecule is COc1cccc2c1-c1nccc(C)c1C2. The molecule has 1 heterocycles. The predicted molar refractivity (Wildman–Crippen MR) is 63.8 cm³/mol. The third kappa shape index (κ3) is 1.16. The van der Waals surface area contributed by atoms with Crippen molar-refractivity contribution in [3.05, 3.63) is 47.2 Å². The van der Waals surface area contributed by atoms with Crippen LogP contribution >= 0.6 is 0 Å². The molecule has 3 rings (SSSR count). The Balaban J connectivity index is 2.31. The predicted octanol–water partition coefficient (Wildman–Crippen LogP) is 2.97. The van der Waals surface area contributed by atoms with Gasteiger partial charge in [-0.25, -0.2) is 0 Å². The van der Waals surface area contributed by atoms with Gasteiger partial charge in [-0.1, -0.05) is 12.1 Å². The Morgan fingerprint density at radius 2 is 2.12 bits per heavy atom. The number of hydrogen-bond acceptors (Lipinski definition) is 2. The minimum atomic E-state index is 0.925. The van der Waals surface area contributed by atoms with E-state index in [4.69, 9.17) is 4.74 Å². The van der Waals surface area contributed by atoms with Crippen molar-refractivity contribution in [3.63, 3.8) is 0 Å². The van der Waals surface area contributed by atoms with E-state index in [9.17, 15) is 0 Å². The van der Waals surface area contributed by atoms with E-state index in [1.54, 1.807) is 7.11 Å². The quantitative estimate of drug-likeness (QED) is 0.617. The highest BCUT2D eigenvalue weighted by atomic mass is 16.5. The Morgan fingerprint density at radius 3 is 2.94 bits per heavy atom. The van der Waals surface area contributed by atoms with Crippen LogP contribution in [0, 0.1) is 6.92 Å². The van der Waals surface area contributed by atoms with Crippen molar-refractivity contribution in [2.75, 3.05) is 7.11 Å². The van der Waals surface area contributed by atoms with Crippen molar-refractivity contribution >= 4 is 0 Å². The van der Waals surface area contributed by atoms with Gasteiger partial charge in [0.25, 0.3) is 0 Å². The molecule has 0 bridgehead atoms. The van der Waals surface area contributed by atoms with Crippen LogP contribution in [0.25, 0.3) is 11.3 Å². The minimum absolute atomic E-state index is 0.925. The third-order valence-corrected chi connectivity index (χ3v) is 3.23. The molecule has 16 heavy (non-hydrogen) atoms. The lowest BCUT2D eigenvalue weighted by Crippen LogP contribution is -1.90. The number of pyridine rings is 1. The van der Waals surface area contributed by atoms with Crippen molar-refractivity contribution in [1.29, 1.82) is 0 Å². The average Bonchev–Trinajstić information content (AvgIpc) is 2.69. The molecule has 0 atom stereocenters. The number of benzene rings is 1. The van der Waals surface area contributed by atoms with Crippen LogP contribution in [0.2, 0.25) is 0 Å². The number of methoxy groups -OCH3 is 1. The van der Waals surface area contributed by atoms with Gasteiger partial charge in [0, 0.05) is 18.2 Å². The molecule has 0 N–H and O–H groups in total. The zero-order chi connectivity index (χ0) is 11.1. The van der Waals surface area contributed by atoms with Gasteiger partial charge in [0.2, 0.25) is 0 Å². The standard InChI is InChI=1S/C14H13NO/c1-9-6-7-15-14-11(9)8-10-4-3-5-12(16-2)13(10)14/h3-7H,8H2,1-2H3. The van der Waals surface area contributed by atoms with Gasteiger partial charge in [0.15, 0.2) is 0 Å². The summed E-state index contributed by atoms with van der Waals surface area (Å²) in [5.41, 5.74) is 6.22. The van der Waals surface area contributed by atoms with E-state index in [1.165, 1.54) is 22.3 Å². The molecule has 2 nitrogen and oxygen atoms in total. The molecular formula is C14H13NO. The number of aryl methyl sites for hydroxylation is 1. The van der Waals surface area contributed by atoms with Crippen LogP contribution in [0.1, 0.15) is 16.7 Å². The Morgan fingerprint density at radius 1 is 1.25 bits per heavy atom. The van der Waals surface area contributed by atoms with Crippen LogP contribution in [0.15, 0.2) is 30.5 Å². The topological polar surface area (TPSA) is 22.1 Å². The largest absolute Gasteiger partial charge is 0.496 e. The molecule has 1 aliphatic rings. The minimum Gasteiger partial charge on any atom is -0.496 e. The number of rotatable bonds is 1.